The predicted octanol–water partition coefficient (Wildman–Crippen LogP) is 4.42. The van der Waals surface area contributed by atoms with Crippen LogP contribution in [0.1, 0.15) is 52.9 Å². The van der Waals surface area contributed by atoms with Crippen molar-refractivity contribution in [1.82, 2.24) is 9.80 Å². The molecule has 6 heteroatoms. The number of nitrogens with one attached hydrogen (secondary N) is 1. The summed E-state index contributed by atoms with van der Waals surface area (Å²) < 4.78 is 0. The molecular weight excluding hydrogens is 386 g/mol. The van der Waals surface area contributed by atoms with Crippen LogP contribution in [-0.2, 0) is 9.59 Å². The lowest BCUT2D eigenvalue weighted by Crippen LogP contribution is -2.57. The molecule has 5 nitrogen and oxygen atoms in total. The van der Waals surface area contributed by atoms with E-state index in [1.807, 2.05) is 17.0 Å². The van der Waals surface area contributed by atoms with Crippen LogP contribution in [0.15, 0.2) is 24.3 Å². The first-order valence-corrected chi connectivity index (χ1v) is 11.2. The zero-order chi connectivity index (χ0) is 21.0. The van der Waals surface area contributed by atoms with Gasteiger partial charge in [0.15, 0.2) is 0 Å². The molecule has 2 aliphatic rings. The van der Waals surface area contributed by atoms with Crippen molar-refractivity contribution in [3.63, 3.8) is 0 Å². The van der Waals surface area contributed by atoms with Crippen LogP contribution in [0, 0.1) is 11.3 Å². The van der Waals surface area contributed by atoms with Crippen molar-refractivity contribution < 1.29 is 9.59 Å². The molecule has 1 N–H and O–H groups in total. The van der Waals surface area contributed by atoms with Gasteiger partial charge < -0.3 is 10.2 Å². The molecule has 1 aromatic carbocycles. The van der Waals surface area contributed by atoms with E-state index in [0.717, 1.165) is 31.6 Å². The third-order valence-electron chi connectivity index (χ3n) is 5.97. The Kier molecular flexibility index (Phi) is 7.23. The molecule has 2 fully saturated rings. The van der Waals surface area contributed by atoms with Crippen LogP contribution in [0.2, 0.25) is 5.02 Å². The topological polar surface area (TPSA) is 52.7 Å². The molecule has 3 rings (SSSR count). The molecule has 1 atom stereocenters. The minimum atomic E-state index is -0.131. The van der Waals surface area contributed by atoms with E-state index in [1.165, 1.54) is 12.8 Å². The van der Waals surface area contributed by atoms with Crippen molar-refractivity contribution in [1.29, 1.82) is 0 Å². The van der Waals surface area contributed by atoms with Crippen molar-refractivity contribution >= 4 is 29.1 Å². The Balaban J connectivity index is 1.64. The molecule has 1 heterocycles. The van der Waals surface area contributed by atoms with Gasteiger partial charge in [-0.25, -0.2) is 0 Å². The molecule has 1 aromatic rings. The summed E-state index contributed by atoms with van der Waals surface area (Å²) in [5, 5.41) is 3.75. The number of halogens is 1. The van der Waals surface area contributed by atoms with Gasteiger partial charge in [-0.15, -0.1) is 0 Å². The van der Waals surface area contributed by atoms with E-state index in [4.69, 9.17) is 11.6 Å². The Hall–Kier alpha value is -1.59. The Morgan fingerprint density at radius 3 is 2.21 bits per heavy atom. The molecule has 0 spiro atoms. The highest BCUT2D eigenvalue weighted by Gasteiger charge is 2.37. The van der Waals surface area contributed by atoms with Gasteiger partial charge >= 0.3 is 0 Å². The van der Waals surface area contributed by atoms with Gasteiger partial charge in [-0.05, 0) is 48.4 Å². The lowest BCUT2D eigenvalue weighted by atomic mass is 9.91. The smallest absolute Gasteiger partial charge is 0.242 e. The van der Waals surface area contributed by atoms with Gasteiger partial charge in [0.1, 0.15) is 0 Å². The lowest BCUT2D eigenvalue weighted by Gasteiger charge is -2.41. The molecule has 1 saturated carbocycles. The quantitative estimate of drug-likeness (QED) is 0.768. The number of rotatable bonds is 5. The first-order chi connectivity index (χ1) is 13.7. The minimum absolute atomic E-state index is 0.000926. The summed E-state index contributed by atoms with van der Waals surface area (Å²) >= 11 is 5.96. The highest BCUT2D eigenvalue weighted by atomic mass is 35.5. The van der Waals surface area contributed by atoms with Crippen molar-refractivity contribution in [2.75, 3.05) is 31.5 Å². The van der Waals surface area contributed by atoms with Crippen LogP contribution in [0.25, 0.3) is 0 Å². The van der Waals surface area contributed by atoms with E-state index in [0.29, 0.717) is 30.5 Å². The molecule has 29 heavy (non-hydrogen) atoms. The normalized spacial score (nSPS) is 19.9. The average Bonchev–Trinajstić information content (AvgIpc) is 3.17. The third-order valence-corrected chi connectivity index (χ3v) is 6.22. The van der Waals surface area contributed by atoms with Gasteiger partial charge in [0.05, 0.1) is 6.04 Å². The second-order valence-corrected chi connectivity index (χ2v) is 10.1. The number of amides is 2. The maximum absolute atomic E-state index is 13.2. The molecule has 1 saturated heterocycles. The van der Waals surface area contributed by atoms with Crippen molar-refractivity contribution in [3.05, 3.63) is 29.3 Å². The summed E-state index contributed by atoms with van der Waals surface area (Å²) in [5.41, 5.74) is 0.778. The molecule has 0 bridgehead atoms. The van der Waals surface area contributed by atoms with E-state index in [-0.39, 0.29) is 23.3 Å². The van der Waals surface area contributed by atoms with Crippen LogP contribution in [0.4, 0.5) is 5.69 Å². The molecule has 0 unspecified atom stereocenters. The average molecular weight is 420 g/mol. The fourth-order valence-corrected chi connectivity index (χ4v) is 4.64. The van der Waals surface area contributed by atoms with Gasteiger partial charge in [-0.1, -0.05) is 45.2 Å². The highest BCUT2D eigenvalue weighted by molar-refractivity contribution is 6.30. The molecule has 0 aromatic heterocycles. The minimum Gasteiger partial charge on any atom is -0.340 e. The number of piperazine rings is 1. The molecular formula is C23H34ClN3O2. The second kappa shape index (κ2) is 9.48. The Morgan fingerprint density at radius 1 is 1.07 bits per heavy atom. The molecule has 160 valence electrons. The van der Waals surface area contributed by atoms with Crippen molar-refractivity contribution in [3.8, 4) is 0 Å². The zero-order valence-electron chi connectivity index (χ0n) is 17.9. The number of benzene rings is 1. The molecule has 2 amide bonds. The Bertz CT molecular complexity index is 700. The number of carbonyl (C=O) groups excluding carboxylic acids is 2. The summed E-state index contributed by atoms with van der Waals surface area (Å²) in [4.78, 5) is 30.0. The van der Waals surface area contributed by atoms with Crippen LogP contribution in [-0.4, -0.2) is 53.8 Å². The van der Waals surface area contributed by atoms with Gasteiger partial charge in [0.2, 0.25) is 11.8 Å². The number of nitrogens with zero attached hydrogens (tertiary/aromatic N) is 2. The first kappa shape index (κ1) is 22.1. The lowest BCUT2D eigenvalue weighted by molar-refractivity contribution is -0.136. The monoisotopic (exact) mass is 419 g/mol. The standard InChI is InChI=1S/C23H34ClN3O2/c1-23(2,3)16-20(28)26-12-14-27(15-13-26)21(17-6-4-5-7-17)22(29)25-19-10-8-18(24)9-11-19/h8-11,17,21H,4-7,12-16H2,1-3H3,(H,25,29)/t21-/m1/s1. The maximum atomic E-state index is 13.2. The van der Waals surface area contributed by atoms with E-state index >= 15 is 0 Å². The van der Waals surface area contributed by atoms with Gasteiger partial charge in [-0.3, -0.25) is 14.5 Å². The SMILES string of the molecule is CC(C)(C)CC(=O)N1CCN([C@@H](C(=O)Nc2ccc(Cl)cc2)C2CCCC2)CC1. The Morgan fingerprint density at radius 2 is 1.66 bits per heavy atom. The first-order valence-electron chi connectivity index (χ1n) is 10.8. The van der Waals surface area contributed by atoms with Gasteiger partial charge in [-0.2, -0.15) is 0 Å². The van der Waals surface area contributed by atoms with Crippen molar-refractivity contribution in [2.45, 2.75) is 58.9 Å². The van der Waals surface area contributed by atoms with E-state index in [9.17, 15) is 9.59 Å². The van der Waals surface area contributed by atoms with Crippen LogP contribution in [0.3, 0.4) is 0 Å². The van der Waals surface area contributed by atoms with Gasteiger partial charge in [0.25, 0.3) is 0 Å². The summed E-state index contributed by atoms with van der Waals surface area (Å²) in [6.45, 7) is 9.20. The van der Waals surface area contributed by atoms with Crippen molar-refractivity contribution in [2.24, 2.45) is 11.3 Å². The second-order valence-electron chi connectivity index (χ2n) is 9.64. The highest BCUT2D eigenvalue weighted by Crippen LogP contribution is 2.32. The summed E-state index contributed by atoms with van der Waals surface area (Å²) in [7, 11) is 0. The summed E-state index contributed by atoms with van der Waals surface area (Å²) in [5.74, 6) is 0.674. The molecule has 1 aliphatic carbocycles. The van der Waals surface area contributed by atoms with E-state index < -0.39 is 0 Å². The number of hydrogen-bond acceptors (Lipinski definition) is 3. The fraction of sp³-hybridized carbons (Fsp3) is 0.652. The van der Waals surface area contributed by atoms with E-state index in [1.54, 1.807) is 12.1 Å². The van der Waals surface area contributed by atoms with Crippen LogP contribution < -0.4 is 5.32 Å². The van der Waals surface area contributed by atoms with Crippen LogP contribution >= 0.6 is 11.6 Å². The Labute approximate surface area is 179 Å². The van der Waals surface area contributed by atoms with E-state index in [2.05, 4.69) is 31.0 Å². The third kappa shape index (κ3) is 6.19. The largest absolute Gasteiger partial charge is 0.340 e. The molecule has 0 radical (unpaired) electrons. The maximum Gasteiger partial charge on any atom is 0.242 e. The molecule has 1 aliphatic heterocycles. The number of carbonyl (C=O) groups is 2. The van der Waals surface area contributed by atoms with Gasteiger partial charge in [0, 0.05) is 43.3 Å². The number of hydrogen-bond donors (Lipinski definition) is 1. The summed E-state index contributed by atoms with van der Waals surface area (Å²) in [6.07, 6.45) is 5.15. The predicted molar refractivity (Wildman–Crippen MR) is 118 cm³/mol. The summed E-state index contributed by atoms with van der Waals surface area (Å²) in [6, 6.07) is 7.14. The fourth-order valence-electron chi connectivity index (χ4n) is 4.52. The zero-order valence-corrected chi connectivity index (χ0v) is 18.7. The van der Waals surface area contributed by atoms with Crippen LogP contribution in [0.5, 0.6) is 0 Å². The number of anilines is 1.